The van der Waals surface area contributed by atoms with Crippen molar-refractivity contribution in [3.63, 3.8) is 0 Å². The summed E-state index contributed by atoms with van der Waals surface area (Å²) in [6.07, 6.45) is 2.72. The van der Waals surface area contributed by atoms with Gasteiger partial charge in [0.15, 0.2) is 11.5 Å². The van der Waals surface area contributed by atoms with Crippen molar-refractivity contribution < 1.29 is 19.2 Å². The SMILES string of the molecule is O=C(O)Cn1cc(C(=O)NCc2ccno2)nn1. The van der Waals surface area contributed by atoms with Crippen molar-refractivity contribution in [2.24, 2.45) is 0 Å². The van der Waals surface area contributed by atoms with Crippen LogP contribution >= 0.6 is 0 Å². The van der Waals surface area contributed by atoms with Crippen LogP contribution in [-0.2, 0) is 17.9 Å². The summed E-state index contributed by atoms with van der Waals surface area (Å²) >= 11 is 0. The highest BCUT2D eigenvalue weighted by molar-refractivity contribution is 5.91. The lowest BCUT2D eigenvalue weighted by Crippen LogP contribution is -2.23. The third kappa shape index (κ3) is 2.90. The first kappa shape index (κ1) is 11.8. The van der Waals surface area contributed by atoms with Gasteiger partial charge >= 0.3 is 5.97 Å². The maximum atomic E-state index is 11.6. The van der Waals surface area contributed by atoms with Crippen molar-refractivity contribution in [1.29, 1.82) is 0 Å². The number of amides is 1. The van der Waals surface area contributed by atoms with Gasteiger partial charge < -0.3 is 14.9 Å². The van der Waals surface area contributed by atoms with Gasteiger partial charge in [0, 0.05) is 6.07 Å². The third-order valence-corrected chi connectivity index (χ3v) is 1.98. The Kier molecular flexibility index (Phi) is 3.32. The molecule has 18 heavy (non-hydrogen) atoms. The van der Waals surface area contributed by atoms with Crippen LogP contribution in [0.15, 0.2) is 23.0 Å². The van der Waals surface area contributed by atoms with Crippen molar-refractivity contribution in [1.82, 2.24) is 25.5 Å². The summed E-state index contributed by atoms with van der Waals surface area (Å²) in [6, 6.07) is 1.61. The van der Waals surface area contributed by atoms with Gasteiger partial charge in [0.1, 0.15) is 6.54 Å². The van der Waals surface area contributed by atoms with E-state index in [-0.39, 0.29) is 18.8 Å². The fourth-order valence-electron chi connectivity index (χ4n) is 1.21. The van der Waals surface area contributed by atoms with Crippen molar-refractivity contribution in [2.75, 3.05) is 0 Å². The van der Waals surface area contributed by atoms with Gasteiger partial charge in [-0.1, -0.05) is 10.4 Å². The van der Waals surface area contributed by atoms with Gasteiger partial charge in [-0.15, -0.1) is 5.10 Å². The molecule has 94 valence electrons. The fraction of sp³-hybridized carbons (Fsp3) is 0.222. The quantitative estimate of drug-likeness (QED) is 0.718. The molecule has 2 N–H and O–H groups in total. The number of aromatic nitrogens is 4. The molecule has 2 aromatic heterocycles. The average Bonchev–Trinajstić information content (AvgIpc) is 2.95. The summed E-state index contributed by atoms with van der Waals surface area (Å²) in [5.41, 5.74) is 0.0377. The van der Waals surface area contributed by atoms with Crippen LogP contribution in [0.4, 0.5) is 0 Å². The molecule has 2 rings (SSSR count). The average molecular weight is 251 g/mol. The zero-order valence-electron chi connectivity index (χ0n) is 9.11. The summed E-state index contributed by atoms with van der Waals surface area (Å²) in [4.78, 5) is 22.0. The van der Waals surface area contributed by atoms with E-state index in [1.54, 1.807) is 6.07 Å². The number of nitrogens with zero attached hydrogens (tertiary/aromatic N) is 4. The molecule has 2 aromatic rings. The number of nitrogens with one attached hydrogen (secondary N) is 1. The number of hydrogen-bond donors (Lipinski definition) is 2. The normalized spacial score (nSPS) is 10.2. The van der Waals surface area contributed by atoms with E-state index in [0.29, 0.717) is 5.76 Å². The molecule has 0 aliphatic heterocycles. The first-order valence-electron chi connectivity index (χ1n) is 4.95. The van der Waals surface area contributed by atoms with Gasteiger partial charge in [0.25, 0.3) is 5.91 Å². The summed E-state index contributed by atoms with van der Waals surface area (Å²) in [7, 11) is 0. The van der Waals surface area contributed by atoms with E-state index in [9.17, 15) is 9.59 Å². The molecular formula is C9H9N5O4. The highest BCUT2D eigenvalue weighted by Crippen LogP contribution is 1.98. The molecule has 9 nitrogen and oxygen atoms in total. The molecule has 0 saturated carbocycles. The Labute approximate surface area is 100 Å². The van der Waals surface area contributed by atoms with Gasteiger partial charge in [-0.05, 0) is 0 Å². The maximum absolute atomic E-state index is 11.6. The van der Waals surface area contributed by atoms with E-state index in [1.165, 1.54) is 12.4 Å². The standard InChI is InChI=1S/C9H9N5O4/c15-8(16)5-14-4-7(12-13-14)9(17)10-3-6-1-2-11-18-6/h1-2,4H,3,5H2,(H,10,17)(H,15,16). The molecule has 0 aromatic carbocycles. The maximum Gasteiger partial charge on any atom is 0.325 e. The van der Waals surface area contributed by atoms with Crippen molar-refractivity contribution >= 4 is 11.9 Å². The molecule has 0 fully saturated rings. The van der Waals surface area contributed by atoms with E-state index in [2.05, 4.69) is 20.8 Å². The highest BCUT2D eigenvalue weighted by Gasteiger charge is 2.12. The number of carbonyl (C=O) groups excluding carboxylic acids is 1. The molecule has 0 atom stereocenters. The summed E-state index contributed by atoms with van der Waals surface area (Å²) < 4.78 is 5.86. The summed E-state index contributed by atoms with van der Waals surface area (Å²) in [6.45, 7) is -0.174. The Morgan fingerprint density at radius 2 is 2.33 bits per heavy atom. The van der Waals surface area contributed by atoms with Gasteiger partial charge in [0.2, 0.25) is 0 Å². The molecule has 0 aliphatic carbocycles. The smallest absolute Gasteiger partial charge is 0.325 e. The Hall–Kier alpha value is -2.71. The Bertz CT molecular complexity index is 547. The minimum atomic E-state index is -1.06. The van der Waals surface area contributed by atoms with Crippen LogP contribution in [0.3, 0.4) is 0 Å². The Balaban J connectivity index is 1.92. The van der Waals surface area contributed by atoms with Crippen molar-refractivity contribution in [3.8, 4) is 0 Å². The first-order valence-corrected chi connectivity index (χ1v) is 4.95. The molecule has 0 spiro atoms. The van der Waals surface area contributed by atoms with E-state index >= 15 is 0 Å². The molecule has 0 radical (unpaired) electrons. The zero-order valence-corrected chi connectivity index (χ0v) is 9.11. The monoisotopic (exact) mass is 251 g/mol. The van der Waals surface area contributed by atoms with Crippen LogP contribution in [0.25, 0.3) is 0 Å². The lowest BCUT2D eigenvalue weighted by molar-refractivity contribution is -0.137. The van der Waals surface area contributed by atoms with Gasteiger partial charge in [-0.2, -0.15) is 0 Å². The molecule has 9 heteroatoms. The molecule has 0 unspecified atom stereocenters. The van der Waals surface area contributed by atoms with Crippen LogP contribution < -0.4 is 5.32 Å². The van der Waals surface area contributed by atoms with Crippen LogP contribution in [0, 0.1) is 0 Å². The predicted molar refractivity (Wildman–Crippen MR) is 55.3 cm³/mol. The second-order valence-electron chi connectivity index (χ2n) is 3.36. The van der Waals surface area contributed by atoms with Gasteiger partial charge in [-0.25, -0.2) is 4.68 Å². The van der Waals surface area contributed by atoms with Crippen LogP contribution in [0.1, 0.15) is 16.2 Å². The summed E-state index contributed by atoms with van der Waals surface area (Å²) in [5.74, 6) is -1.03. The second-order valence-corrected chi connectivity index (χ2v) is 3.36. The number of aliphatic carboxylic acids is 1. The number of hydrogen-bond acceptors (Lipinski definition) is 6. The van der Waals surface area contributed by atoms with Gasteiger partial charge in [0.05, 0.1) is 18.9 Å². The van der Waals surface area contributed by atoms with Crippen LogP contribution in [0.2, 0.25) is 0 Å². The van der Waals surface area contributed by atoms with E-state index in [0.717, 1.165) is 4.68 Å². The summed E-state index contributed by atoms with van der Waals surface area (Å²) in [5, 5.41) is 21.6. The van der Waals surface area contributed by atoms with E-state index in [1.807, 2.05) is 0 Å². The zero-order chi connectivity index (χ0) is 13.0. The molecular weight excluding hydrogens is 242 g/mol. The Morgan fingerprint density at radius 1 is 1.50 bits per heavy atom. The largest absolute Gasteiger partial charge is 0.480 e. The Morgan fingerprint density at radius 3 is 3.00 bits per heavy atom. The van der Waals surface area contributed by atoms with Crippen LogP contribution in [0.5, 0.6) is 0 Å². The van der Waals surface area contributed by atoms with E-state index < -0.39 is 11.9 Å². The van der Waals surface area contributed by atoms with Gasteiger partial charge in [-0.3, -0.25) is 9.59 Å². The van der Waals surface area contributed by atoms with Crippen molar-refractivity contribution in [2.45, 2.75) is 13.1 Å². The minimum absolute atomic E-state index is 0.0377. The number of carbonyl (C=O) groups is 2. The molecule has 1 amide bonds. The minimum Gasteiger partial charge on any atom is -0.480 e. The molecule has 0 bridgehead atoms. The lowest BCUT2D eigenvalue weighted by atomic mass is 10.4. The second kappa shape index (κ2) is 5.08. The van der Waals surface area contributed by atoms with E-state index in [4.69, 9.17) is 9.63 Å². The number of carboxylic acid groups (broad SMARTS) is 1. The molecule has 2 heterocycles. The first-order chi connectivity index (χ1) is 8.65. The predicted octanol–water partition coefficient (Wildman–Crippen LogP) is -0.719. The lowest BCUT2D eigenvalue weighted by Gasteiger charge is -1.98. The molecule has 0 aliphatic rings. The highest BCUT2D eigenvalue weighted by atomic mass is 16.5. The molecule has 0 saturated heterocycles. The topological polar surface area (TPSA) is 123 Å². The van der Waals surface area contributed by atoms with Crippen LogP contribution in [-0.4, -0.2) is 37.1 Å². The van der Waals surface area contributed by atoms with Crippen molar-refractivity contribution in [3.05, 3.63) is 29.9 Å². The third-order valence-electron chi connectivity index (χ3n) is 1.98. The fourth-order valence-corrected chi connectivity index (χ4v) is 1.21. The number of carboxylic acids is 1. The number of rotatable bonds is 5.